The van der Waals surface area contributed by atoms with Crippen molar-refractivity contribution in [3.05, 3.63) is 77.2 Å². The Labute approximate surface area is 160 Å². The molecule has 0 bridgehead atoms. The zero-order valence-electron chi connectivity index (χ0n) is 15.1. The van der Waals surface area contributed by atoms with E-state index < -0.39 is 23.5 Å². The van der Waals surface area contributed by atoms with Gasteiger partial charge >= 0.3 is 12.4 Å². The van der Waals surface area contributed by atoms with Crippen LogP contribution in [0.25, 0.3) is 0 Å². The molecule has 2 aromatic carbocycles. The van der Waals surface area contributed by atoms with Gasteiger partial charge in [0.2, 0.25) is 0 Å². The van der Waals surface area contributed by atoms with Gasteiger partial charge in [0.05, 0.1) is 11.1 Å². The minimum Gasteiger partial charge on any atom is -0.292 e. The molecule has 3 rings (SSSR count). The molecule has 1 aliphatic heterocycles. The van der Waals surface area contributed by atoms with Gasteiger partial charge in [-0.05, 0) is 55.5 Å². The summed E-state index contributed by atoms with van der Waals surface area (Å²) in [6, 6.07) is 8.37. The van der Waals surface area contributed by atoms with Gasteiger partial charge in [-0.15, -0.1) is 0 Å². The van der Waals surface area contributed by atoms with E-state index in [2.05, 4.69) is 0 Å². The molecule has 150 valence electrons. The van der Waals surface area contributed by atoms with Gasteiger partial charge in [0.15, 0.2) is 0 Å². The molecule has 0 saturated carbocycles. The summed E-state index contributed by atoms with van der Waals surface area (Å²) in [5, 5.41) is 0. The van der Waals surface area contributed by atoms with Crippen molar-refractivity contribution < 1.29 is 26.3 Å². The first kappa shape index (κ1) is 20.7. The summed E-state index contributed by atoms with van der Waals surface area (Å²) in [4.78, 5) is 1.80. The highest BCUT2D eigenvalue weighted by atomic mass is 19.4. The molecule has 0 aliphatic carbocycles. The summed E-state index contributed by atoms with van der Waals surface area (Å²) in [6.45, 7) is 8.13. The number of benzene rings is 2. The summed E-state index contributed by atoms with van der Waals surface area (Å²) in [6.07, 6.45) is -8.44. The van der Waals surface area contributed by atoms with Gasteiger partial charge in [-0.3, -0.25) is 4.90 Å². The minimum atomic E-state index is -4.48. The average Bonchev–Trinajstić information content (AvgIpc) is 2.93. The fraction of sp³-hybridized carbons (Fsp3) is 0.381. The van der Waals surface area contributed by atoms with E-state index in [9.17, 15) is 26.3 Å². The zero-order valence-corrected chi connectivity index (χ0v) is 15.1. The van der Waals surface area contributed by atoms with Crippen LogP contribution in [0.3, 0.4) is 0 Å². The number of rotatable bonds is 3. The summed E-state index contributed by atoms with van der Waals surface area (Å²) >= 11 is 0. The summed E-state index contributed by atoms with van der Waals surface area (Å²) < 4.78 is 78.4. The van der Waals surface area contributed by atoms with E-state index in [1.165, 1.54) is 24.3 Å². The number of alkyl halides is 6. The number of hydrogen-bond acceptors (Lipinski definition) is 1. The van der Waals surface area contributed by atoms with Gasteiger partial charge in [0, 0.05) is 19.1 Å². The summed E-state index contributed by atoms with van der Waals surface area (Å²) in [7, 11) is 0. The molecular weight excluding hydrogens is 380 g/mol. The highest BCUT2D eigenvalue weighted by Gasteiger charge is 2.37. The fourth-order valence-electron chi connectivity index (χ4n) is 3.70. The van der Waals surface area contributed by atoms with Crippen LogP contribution < -0.4 is 0 Å². The summed E-state index contributed by atoms with van der Waals surface area (Å²) in [5.74, 6) is -0.258. The van der Waals surface area contributed by atoms with E-state index in [1.807, 2.05) is 0 Å². The number of nitrogens with zero attached hydrogens (tertiary/aromatic N) is 1. The van der Waals surface area contributed by atoms with Crippen LogP contribution >= 0.6 is 0 Å². The SMILES string of the molecule is [CH][C@@H]1C[C@H](c2ccc(C(F)(F)F)cc2)N(Cc2cc(C)ccc2C(F)(F)F)C1. The zero-order chi connectivity index (χ0) is 20.7. The van der Waals surface area contributed by atoms with Crippen LogP contribution in [-0.4, -0.2) is 11.4 Å². The van der Waals surface area contributed by atoms with Crippen molar-refractivity contribution in [3.63, 3.8) is 0 Å². The summed E-state index contributed by atoms with van der Waals surface area (Å²) in [5.41, 5.74) is -0.00822. The van der Waals surface area contributed by atoms with Gasteiger partial charge in [-0.25, -0.2) is 0 Å². The number of hydrogen-bond donors (Lipinski definition) is 0. The first-order valence-electron chi connectivity index (χ1n) is 8.78. The average molecular weight is 399 g/mol. The molecule has 2 aromatic rings. The van der Waals surface area contributed by atoms with Gasteiger partial charge < -0.3 is 0 Å². The third-order valence-electron chi connectivity index (χ3n) is 5.00. The number of aryl methyl sites for hydroxylation is 1. The Hall–Kier alpha value is -2.02. The van der Waals surface area contributed by atoms with Gasteiger partial charge in [-0.2, -0.15) is 26.3 Å². The second kappa shape index (κ2) is 7.43. The molecule has 0 spiro atoms. The lowest BCUT2D eigenvalue weighted by molar-refractivity contribution is -0.138. The van der Waals surface area contributed by atoms with Gasteiger partial charge in [0.25, 0.3) is 0 Å². The largest absolute Gasteiger partial charge is 0.416 e. The van der Waals surface area contributed by atoms with Crippen LogP contribution in [-0.2, 0) is 18.9 Å². The van der Waals surface area contributed by atoms with Crippen LogP contribution in [0.1, 0.15) is 40.3 Å². The van der Waals surface area contributed by atoms with E-state index in [0.29, 0.717) is 24.1 Å². The fourth-order valence-corrected chi connectivity index (χ4v) is 3.70. The maximum Gasteiger partial charge on any atom is 0.416 e. The quantitative estimate of drug-likeness (QED) is 0.547. The molecule has 0 amide bonds. The van der Waals surface area contributed by atoms with Crippen LogP contribution in [0.15, 0.2) is 42.5 Å². The third kappa shape index (κ3) is 4.51. The Morgan fingerprint density at radius 3 is 2.18 bits per heavy atom. The molecule has 1 aliphatic rings. The van der Waals surface area contributed by atoms with Gasteiger partial charge in [0.1, 0.15) is 0 Å². The van der Waals surface area contributed by atoms with E-state index in [0.717, 1.165) is 18.2 Å². The molecule has 0 aromatic heterocycles. The predicted molar refractivity (Wildman–Crippen MR) is 93.2 cm³/mol. The molecule has 2 radical (unpaired) electrons. The highest BCUT2D eigenvalue weighted by molar-refractivity contribution is 5.34. The third-order valence-corrected chi connectivity index (χ3v) is 5.00. The van der Waals surface area contributed by atoms with Crippen LogP contribution in [0, 0.1) is 19.8 Å². The lowest BCUT2D eigenvalue weighted by atomic mass is 9.98. The highest BCUT2D eigenvalue weighted by Crippen LogP contribution is 2.40. The molecule has 2 atom stereocenters. The molecule has 0 N–H and O–H groups in total. The van der Waals surface area contributed by atoms with Crippen molar-refractivity contribution in [1.82, 2.24) is 4.90 Å². The molecule has 1 heterocycles. The van der Waals surface area contributed by atoms with Crippen LogP contribution in [0.4, 0.5) is 26.3 Å². The Kier molecular flexibility index (Phi) is 5.49. The van der Waals surface area contributed by atoms with Crippen molar-refractivity contribution >= 4 is 0 Å². The number of halogens is 6. The van der Waals surface area contributed by atoms with E-state index in [4.69, 9.17) is 6.92 Å². The normalized spacial score (nSPS) is 21.3. The first-order chi connectivity index (χ1) is 12.9. The van der Waals surface area contributed by atoms with Crippen molar-refractivity contribution in [1.29, 1.82) is 0 Å². The Bertz CT molecular complexity index is 822. The Balaban J connectivity index is 1.89. The lowest BCUT2D eigenvalue weighted by Gasteiger charge is -2.26. The van der Waals surface area contributed by atoms with E-state index in [-0.39, 0.29) is 24.1 Å². The lowest BCUT2D eigenvalue weighted by Crippen LogP contribution is -2.25. The molecule has 1 nitrogen and oxygen atoms in total. The minimum absolute atomic E-state index is 0.0237. The number of likely N-dealkylation sites (tertiary alicyclic amines) is 1. The molecule has 0 unspecified atom stereocenters. The van der Waals surface area contributed by atoms with Crippen LogP contribution in [0.5, 0.6) is 0 Å². The Morgan fingerprint density at radius 2 is 1.61 bits per heavy atom. The van der Waals surface area contributed by atoms with Crippen molar-refractivity contribution in [3.8, 4) is 0 Å². The smallest absolute Gasteiger partial charge is 0.292 e. The monoisotopic (exact) mass is 399 g/mol. The van der Waals surface area contributed by atoms with E-state index >= 15 is 0 Å². The van der Waals surface area contributed by atoms with Crippen molar-refractivity contribution in [2.24, 2.45) is 5.92 Å². The molecule has 1 fully saturated rings. The first-order valence-corrected chi connectivity index (χ1v) is 8.78. The second-order valence-corrected chi connectivity index (χ2v) is 7.22. The topological polar surface area (TPSA) is 3.24 Å². The molecule has 1 saturated heterocycles. The second-order valence-electron chi connectivity index (χ2n) is 7.22. The predicted octanol–water partition coefficient (Wildman–Crippen LogP) is 6.31. The maximum absolute atomic E-state index is 13.4. The van der Waals surface area contributed by atoms with Gasteiger partial charge in [-0.1, -0.05) is 29.8 Å². The molecule has 28 heavy (non-hydrogen) atoms. The van der Waals surface area contributed by atoms with Crippen molar-refractivity contribution in [2.75, 3.05) is 6.54 Å². The van der Waals surface area contributed by atoms with E-state index in [1.54, 1.807) is 11.8 Å². The molecular formula is C21H19F6N. The van der Waals surface area contributed by atoms with Crippen molar-refractivity contribution in [2.45, 2.75) is 38.3 Å². The molecule has 7 heteroatoms. The Morgan fingerprint density at radius 1 is 0.964 bits per heavy atom. The van der Waals surface area contributed by atoms with Crippen LogP contribution in [0.2, 0.25) is 0 Å². The maximum atomic E-state index is 13.4. The standard InChI is InChI=1S/C21H19F6N/c1-13-3-8-18(21(25,26)27)16(9-13)12-28-11-14(2)10-19(28)15-4-6-17(7-5-15)20(22,23)24/h2-9,14,19H,10-12H2,1H3/t14-,19-/m1/s1.